The van der Waals surface area contributed by atoms with Crippen LogP contribution in [0.5, 0.6) is 0 Å². The van der Waals surface area contributed by atoms with E-state index in [4.69, 9.17) is 0 Å². The number of hydrogen-bond acceptors (Lipinski definition) is 1. The Kier molecular flexibility index (Phi) is 7.81. The van der Waals surface area contributed by atoms with E-state index in [1.807, 2.05) is 0 Å². The Labute approximate surface area is 119 Å². The van der Waals surface area contributed by atoms with E-state index in [1.54, 1.807) is 0 Å². The van der Waals surface area contributed by atoms with Gasteiger partial charge in [0.2, 0.25) is 0 Å². The molecule has 0 fully saturated rings. The largest absolute Gasteiger partial charge is 0.313 e. The molecule has 19 heavy (non-hydrogen) atoms. The van der Waals surface area contributed by atoms with Crippen LogP contribution in [-0.2, 0) is 6.54 Å². The Hall–Kier alpha value is -0.820. The average molecular weight is 261 g/mol. The summed E-state index contributed by atoms with van der Waals surface area (Å²) in [4.78, 5) is 0. The number of unbranched alkanes of at least 4 members (excludes halogenated alkanes) is 5. The highest BCUT2D eigenvalue weighted by molar-refractivity contribution is 5.38. The second kappa shape index (κ2) is 9.14. The summed E-state index contributed by atoms with van der Waals surface area (Å²) in [6.07, 6.45) is 8.23. The van der Waals surface area contributed by atoms with E-state index in [2.05, 4.69) is 45.1 Å². The third kappa shape index (κ3) is 5.78. The van der Waals surface area contributed by atoms with Crippen LogP contribution in [0.25, 0.3) is 0 Å². The zero-order chi connectivity index (χ0) is 14.1. The molecule has 0 aliphatic heterocycles. The summed E-state index contributed by atoms with van der Waals surface area (Å²) in [5.74, 6) is 0. The van der Waals surface area contributed by atoms with E-state index in [-0.39, 0.29) is 0 Å². The summed E-state index contributed by atoms with van der Waals surface area (Å²) >= 11 is 0. The fourth-order valence-electron chi connectivity index (χ4n) is 2.46. The highest BCUT2D eigenvalue weighted by Gasteiger charge is 2.02. The van der Waals surface area contributed by atoms with Crippen LogP contribution in [-0.4, -0.2) is 6.54 Å². The Morgan fingerprint density at radius 1 is 0.842 bits per heavy atom. The molecular weight excluding hydrogens is 230 g/mol. The number of hydrogen-bond donors (Lipinski definition) is 1. The lowest BCUT2D eigenvalue weighted by molar-refractivity contribution is 0.571. The van der Waals surface area contributed by atoms with E-state index >= 15 is 0 Å². The normalized spacial score (nSPS) is 10.9. The Morgan fingerprint density at radius 2 is 1.53 bits per heavy atom. The SMILES string of the molecule is CCCCCCCCNCc1ccc(C)c(C)c1C. The zero-order valence-corrected chi connectivity index (χ0v) is 13.3. The molecule has 0 amide bonds. The second-order valence-electron chi connectivity index (χ2n) is 5.74. The predicted molar refractivity (Wildman–Crippen MR) is 85.7 cm³/mol. The average Bonchev–Trinajstić information content (AvgIpc) is 2.41. The Bertz CT molecular complexity index is 368. The summed E-state index contributed by atoms with van der Waals surface area (Å²) in [7, 11) is 0. The van der Waals surface area contributed by atoms with Gasteiger partial charge in [0.15, 0.2) is 0 Å². The van der Waals surface area contributed by atoms with Gasteiger partial charge in [-0.2, -0.15) is 0 Å². The van der Waals surface area contributed by atoms with Gasteiger partial charge in [-0.15, -0.1) is 0 Å². The first-order chi connectivity index (χ1) is 9.16. The lowest BCUT2D eigenvalue weighted by Gasteiger charge is -2.12. The molecule has 108 valence electrons. The topological polar surface area (TPSA) is 12.0 Å². The van der Waals surface area contributed by atoms with Gasteiger partial charge in [-0.1, -0.05) is 51.2 Å². The molecule has 1 N–H and O–H groups in total. The van der Waals surface area contributed by atoms with Gasteiger partial charge in [-0.05, 0) is 56.0 Å². The van der Waals surface area contributed by atoms with Gasteiger partial charge in [0.05, 0.1) is 0 Å². The molecule has 0 aliphatic rings. The maximum absolute atomic E-state index is 3.58. The van der Waals surface area contributed by atoms with Gasteiger partial charge in [-0.3, -0.25) is 0 Å². The molecular formula is C18H31N. The molecule has 0 heterocycles. The highest BCUT2D eigenvalue weighted by Crippen LogP contribution is 2.16. The van der Waals surface area contributed by atoms with Crippen LogP contribution in [0.4, 0.5) is 0 Å². The molecule has 1 nitrogen and oxygen atoms in total. The summed E-state index contributed by atoms with van der Waals surface area (Å²) in [6.45, 7) is 11.1. The molecule has 1 rings (SSSR count). The maximum atomic E-state index is 3.58. The van der Waals surface area contributed by atoms with E-state index in [0.29, 0.717) is 0 Å². The highest BCUT2D eigenvalue weighted by atomic mass is 14.8. The molecule has 0 radical (unpaired) electrons. The van der Waals surface area contributed by atoms with Gasteiger partial charge >= 0.3 is 0 Å². The maximum Gasteiger partial charge on any atom is 0.0208 e. The van der Waals surface area contributed by atoms with Gasteiger partial charge in [0.25, 0.3) is 0 Å². The van der Waals surface area contributed by atoms with Crippen LogP contribution < -0.4 is 5.32 Å². The lowest BCUT2D eigenvalue weighted by Crippen LogP contribution is -2.15. The summed E-state index contributed by atoms with van der Waals surface area (Å²) < 4.78 is 0. The number of aryl methyl sites for hydroxylation is 1. The van der Waals surface area contributed by atoms with Crippen molar-refractivity contribution in [1.82, 2.24) is 5.32 Å². The smallest absolute Gasteiger partial charge is 0.0208 e. The number of nitrogens with one attached hydrogen (secondary N) is 1. The summed E-state index contributed by atoms with van der Waals surface area (Å²) in [5, 5.41) is 3.58. The van der Waals surface area contributed by atoms with Crippen molar-refractivity contribution in [3.63, 3.8) is 0 Å². The molecule has 0 unspecified atom stereocenters. The number of benzene rings is 1. The van der Waals surface area contributed by atoms with Crippen LogP contribution in [0.1, 0.15) is 67.7 Å². The van der Waals surface area contributed by atoms with Crippen LogP contribution in [0.3, 0.4) is 0 Å². The van der Waals surface area contributed by atoms with Crippen molar-refractivity contribution in [1.29, 1.82) is 0 Å². The van der Waals surface area contributed by atoms with Crippen molar-refractivity contribution in [3.8, 4) is 0 Å². The van der Waals surface area contributed by atoms with Gasteiger partial charge < -0.3 is 5.32 Å². The first-order valence-corrected chi connectivity index (χ1v) is 7.93. The molecule has 0 aromatic heterocycles. The molecule has 1 heteroatoms. The fourth-order valence-corrected chi connectivity index (χ4v) is 2.46. The van der Waals surface area contributed by atoms with Crippen molar-refractivity contribution in [2.75, 3.05) is 6.54 Å². The molecule has 0 saturated heterocycles. The summed E-state index contributed by atoms with van der Waals surface area (Å²) in [5.41, 5.74) is 5.75. The lowest BCUT2D eigenvalue weighted by atomic mass is 9.99. The molecule has 0 bridgehead atoms. The first-order valence-electron chi connectivity index (χ1n) is 7.93. The monoisotopic (exact) mass is 261 g/mol. The van der Waals surface area contributed by atoms with Crippen molar-refractivity contribution < 1.29 is 0 Å². The molecule has 0 spiro atoms. The quantitative estimate of drug-likeness (QED) is 0.612. The van der Waals surface area contributed by atoms with E-state index < -0.39 is 0 Å². The summed E-state index contributed by atoms with van der Waals surface area (Å²) in [6, 6.07) is 4.51. The van der Waals surface area contributed by atoms with Crippen LogP contribution in [0.15, 0.2) is 12.1 Å². The van der Waals surface area contributed by atoms with E-state index in [1.165, 1.54) is 60.8 Å². The van der Waals surface area contributed by atoms with E-state index in [0.717, 1.165) is 13.1 Å². The first kappa shape index (κ1) is 16.2. The number of rotatable bonds is 9. The van der Waals surface area contributed by atoms with Crippen molar-refractivity contribution >= 4 is 0 Å². The third-order valence-electron chi connectivity index (χ3n) is 4.19. The molecule has 1 aromatic carbocycles. The zero-order valence-electron chi connectivity index (χ0n) is 13.3. The van der Waals surface area contributed by atoms with Crippen molar-refractivity contribution in [2.24, 2.45) is 0 Å². The molecule has 0 atom stereocenters. The van der Waals surface area contributed by atoms with Crippen molar-refractivity contribution in [2.45, 2.75) is 72.8 Å². The van der Waals surface area contributed by atoms with Crippen LogP contribution in [0, 0.1) is 20.8 Å². The van der Waals surface area contributed by atoms with Gasteiger partial charge in [-0.25, -0.2) is 0 Å². The molecule has 1 aromatic rings. The Morgan fingerprint density at radius 3 is 2.26 bits per heavy atom. The Balaban J connectivity index is 2.18. The molecule has 0 saturated carbocycles. The standard InChI is InChI=1S/C18H31N/c1-5-6-7-8-9-10-13-19-14-18-12-11-15(2)16(3)17(18)4/h11-12,19H,5-10,13-14H2,1-4H3. The minimum absolute atomic E-state index is 1.02. The minimum atomic E-state index is 1.02. The fraction of sp³-hybridized carbons (Fsp3) is 0.667. The van der Waals surface area contributed by atoms with Gasteiger partial charge in [0.1, 0.15) is 0 Å². The molecule has 0 aliphatic carbocycles. The minimum Gasteiger partial charge on any atom is -0.313 e. The van der Waals surface area contributed by atoms with E-state index in [9.17, 15) is 0 Å². The predicted octanol–water partition coefficient (Wildman–Crippen LogP) is 5.06. The van der Waals surface area contributed by atoms with Crippen LogP contribution >= 0.6 is 0 Å². The third-order valence-corrected chi connectivity index (χ3v) is 4.19. The second-order valence-corrected chi connectivity index (χ2v) is 5.74. The van der Waals surface area contributed by atoms with Crippen LogP contribution in [0.2, 0.25) is 0 Å². The van der Waals surface area contributed by atoms with Crippen molar-refractivity contribution in [3.05, 3.63) is 34.4 Å². The van der Waals surface area contributed by atoms with Gasteiger partial charge in [0, 0.05) is 6.54 Å².